The standard InChI is InChI=1S/C21H24Cl2N2O3/c1-3-4-5-13-27-16-9-11-17(12-10-16)28-15(2)21(26)25-24-14-18-19(22)7-6-8-20(18)23/h6-12,14-15H,3-5,13H2,1-2H3,(H,25,26)/b24-14-/t15-/m0/s1. The monoisotopic (exact) mass is 422 g/mol. The van der Waals surface area contributed by atoms with Gasteiger partial charge >= 0.3 is 0 Å². The summed E-state index contributed by atoms with van der Waals surface area (Å²) in [6.07, 6.45) is 4.02. The number of amides is 1. The van der Waals surface area contributed by atoms with E-state index in [1.807, 2.05) is 12.1 Å². The summed E-state index contributed by atoms with van der Waals surface area (Å²) < 4.78 is 11.3. The molecule has 150 valence electrons. The molecule has 5 nitrogen and oxygen atoms in total. The molecule has 28 heavy (non-hydrogen) atoms. The van der Waals surface area contributed by atoms with Crippen LogP contribution in [0.15, 0.2) is 47.6 Å². The van der Waals surface area contributed by atoms with Crippen LogP contribution in [0.25, 0.3) is 0 Å². The number of nitrogens with one attached hydrogen (secondary N) is 1. The molecule has 0 aromatic heterocycles. The van der Waals surface area contributed by atoms with Crippen molar-refractivity contribution in [3.05, 3.63) is 58.1 Å². The van der Waals surface area contributed by atoms with Crippen molar-refractivity contribution < 1.29 is 14.3 Å². The molecule has 2 rings (SSSR count). The quantitative estimate of drug-likeness (QED) is 0.313. The largest absolute Gasteiger partial charge is 0.494 e. The Hall–Kier alpha value is -2.24. The van der Waals surface area contributed by atoms with Gasteiger partial charge in [-0.3, -0.25) is 4.79 Å². The van der Waals surface area contributed by atoms with Crippen molar-refractivity contribution in [2.75, 3.05) is 6.61 Å². The highest BCUT2D eigenvalue weighted by Gasteiger charge is 2.14. The molecule has 0 fully saturated rings. The summed E-state index contributed by atoms with van der Waals surface area (Å²) in [6.45, 7) is 4.49. The van der Waals surface area contributed by atoms with E-state index >= 15 is 0 Å². The molecule has 2 aromatic carbocycles. The minimum Gasteiger partial charge on any atom is -0.494 e. The number of halogens is 2. The lowest BCUT2D eigenvalue weighted by atomic mass is 10.2. The Morgan fingerprint density at radius 3 is 2.39 bits per heavy atom. The van der Waals surface area contributed by atoms with Gasteiger partial charge in [-0.2, -0.15) is 5.10 Å². The lowest BCUT2D eigenvalue weighted by Crippen LogP contribution is -2.33. The average Bonchev–Trinajstić information content (AvgIpc) is 2.68. The Balaban J connectivity index is 1.82. The second kappa shape index (κ2) is 11.6. The third-order valence-corrected chi connectivity index (χ3v) is 4.55. The Labute approximate surface area is 175 Å². The number of hydrazone groups is 1. The topological polar surface area (TPSA) is 59.9 Å². The zero-order valence-corrected chi connectivity index (χ0v) is 17.5. The smallest absolute Gasteiger partial charge is 0.280 e. The molecule has 1 amide bonds. The fourth-order valence-electron chi connectivity index (χ4n) is 2.30. The van der Waals surface area contributed by atoms with E-state index in [0.717, 1.165) is 25.0 Å². The normalized spacial score (nSPS) is 12.0. The molecular formula is C21H24Cl2N2O3. The summed E-state index contributed by atoms with van der Waals surface area (Å²) in [4.78, 5) is 12.1. The van der Waals surface area contributed by atoms with Gasteiger partial charge in [-0.05, 0) is 49.7 Å². The van der Waals surface area contributed by atoms with Gasteiger partial charge in [-0.1, -0.05) is 49.0 Å². The molecule has 0 spiro atoms. The zero-order chi connectivity index (χ0) is 20.4. The van der Waals surface area contributed by atoms with E-state index < -0.39 is 6.10 Å². The third kappa shape index (κ3) is 7.06. The molecular weight excluding hydrogens is 399 g/mol. The number of unbranched alkanes of at least 4 members (excludes halogenated alkanes) is 2. The van der Waals surface area contributed by atoms with Gasteiger partial charge in [0.25, 0.3) is 5.91 Å². The maximum absolute atomic E-state index is 12.1. The van der Waals surface area contributed by atoms with Crippen LogP contribution < -0.4 is 14.9 Å². The Morgan fingerprint density at radius 1 is 1.11 bits per heavy atom. The van der Waals surface area contributed by atoms with E-state index in [1.165, 1.54) is 6.21 Å². The molecule has 2 aromatic rings. The van der Waals surface area contributed by atoms with Gasteiger partial charge < -0.3 is 9.47 Å². The van der Waals surface area contributed by atoms with Crippen molar-refractivity contribution in [1.82, 2.24) is 5.43 Å². The van der Waals surface area contributed by atoms with Gasteiger partial charge in [-0.15, -0.1) is 0 Å². The summed E-state index contributed by atoms with van der Waals surface area (Å²) in [5.74, 6) is 0.961. The van der Waals surface area contributed by atoms with Gasteiger partial charge in [0.2, 0.25) is 0 Å². The summed E-state index contributed by atoms with van der Waals surface area (Å²) >= 11 is 12.1. The molecule has 1 atom stereocenters. The first-order valence-electron chi connectivity index (χ1n) is 9.17. The molecule has 0 unspecified atom stereocenters. The fourth-order valence-corrected chi connectivity index (χ4v) is 2.79. The van der Waals surface area contributed by atoms with Crippen molar-refractivity contribution in [3.63, 3.8) is 0 Å². The molecule has 0 heterocycles. The van der Waals surface area contributed by atoms with E-state index in [0.29, 0.717) is 28.0 Å². The van der Waals surface area contributed by atoms with Crippen LogP contribution in [0, 0.1) is 0 Å². The zero-order valence-electron chi connectivity index (χ0n) is 16.0. The first-order chi connectivity index (χ1) is 13.5. The second-order valence-electron chi connectivity index (χ2n) is 6.16. The minimum absolute atomic E-state index is 0.390. The van der Waals surface area contributed by atoms with Crippen molar-refractivity contribution in [3.8, 4) is 11.5 Å². The lowest BCUT2D eigenvalue weighted by molar-refractivity contribution is -0.127. The Kier molecular flexibility index (Phi) is 9.11. The molecule has 1 N–H and O–H groups in total. The predicted molar refractivity (Wildman–Crippen MR) is 114 cm³/mol. The van der Waals surface area contributed by atoms with E-state index in [4.69, 9.17) is 32.7 Å². The molecule has 0 radical (unpaired) electrons. The number of carbonyl (C=O) groups excluding carboxylic acids is 1. The van der Waals surface area contributed by atoms with Crippen LogP contribution in [0.3, 0.4) is 0 Å². The van der Waals surface area contributed by atoms with Crippen LogP contribution in [0.2, 0.25) is 10.0 Å². The van der Waals surface area contributed by atoms with Crippen LogP contribution >= 0.6 is 23.2 Å². The summed E-state index contributed by atoms with van der Waals surface area (Å²) in [5.41, 5.74) is 2.96. The van der Waals surface area contributed by atoms with E-state index in [2.05, 4.69) is 17.5 Å². The van der Waals surface area contributed by atoms with E-state index in [9.17, 15) is 4.79 Å². The SMILES string of the molecule is CCCCCOc1ccc(O[C@@H](C)C(=O)N/N=C\c2c(Cl)cccc2Cl)cc1. The van der Waals surface area contributed by atoms with Gasteiger partial charge in [0, 0.05) is 5.56 Å². The summed E-state index contributed by atoms with van der Waals surface area (Å²) in [5, 5.41) is 4.80. The van der Waals surface area contributed by atoms with Gasteiger partial charge in [0.15, 0.2) is 6.10 Å². The fraction of sp³-hybridized carbons (Fsp3) is 0.333. The number of ether oxygens (including phenoxy) is 2. The highest BCUT2D eigenvalue weighted by molar-refractivity contribution is 6.38. The van der Waals surface area contributed by atoms with Crippen LogP contribution in [-0.4, -0.2) is 24.8 Å². The average molecular weight is 423 g/mol. The van der Waals surface area contributed by atoms with Crippen LogP contribution in [0.4, 0.5) is 0 Å². The summed E-state index contributed by atoms with van der Waals surface area (Å²) in [7, 11) is 0. The Bertz CT molecular complexity index is 774. The predicted octanol–water partition coefficient (Wildman–Crippen LogP) is 5.48. The lowest BCUT2D eigenvalue weighted by Gasteiger charge is -2.13. The number of hydrogen-bond acceptors (Lipinski definition) is 4. The molecule has 0 saturated carbocycles. The van der Waals surface area contributed by atoms with Crippen molar-refractivity contribution in [1.29, 1.82) is 0 Å². The van der Waals surface area contributed by atoms with E-state index in [-0.39, 0.29) is 5.91 Å². The summed E-state index contributed by atoms with van der Waals surface area (Å²) in [6, 6.07) is 12.3. The van der Waals surface area contributed by atoms with Crippen LogP contribution in [-0.2, 0) is 4.79 Å². The van der Waals surface area contributed by atoms with Gasteiger partial charge in [0.05, 0.1) is 22.9 Å². The number of benzene rings is 2. The molecule has 7 heteroatoms. The Morgan fingerprint density at radius 2 is 1.75 bits per heavy atom. The number of nitrogens with zero attached hydrogens (tertiary/aromatic N) is 1. The minimum atomic E-state index is -0.727. The van der Waals surface area contributed by atoms with Crippen LogP contribution in [0.1, 0.15) is 38.7 Å². The molecule has 0 aliphatic carbocycles. The highest BCUT2D eigenvalue weighted by Crippen LogP contribution is 2.22. The number of carbonyl (C=O) groups is 1. The molecule has 0 aliphatic rings. The van der Waals surface area contributed by atoms with Crippen molar-refractivity contribution in [2.45, 2.75) is 39.2 Å². The second-order valence-corrected chi connectivity index (χ2v) is 6.97. The maximum atomic E-state index is 12.1. The highest BCUT2D eigenvalue weighted by atomic mass is 35.5. The molecule has 0 saturated heterocycles. The first-order valence-corrected chi connectivity index (χ1v) is 9.93. The molecule has 0 bridgehead atoms. The van der Waals surface area contributed by atoms with Crippen LogP contribution in [0.5, 0.6) is 11.5 Å². The third-order valence-electron chi connectivity index (χ3n) is 3.89. The van der Waals surface area contributed by atoms with Crippen molar-refractivity contribution in [2.24, 2.45) is 5.10 Å². The van der Waals surface area contributed by atoms with Crippen molar-refractivity contribution >= 4 is 35.3 Å². The molecule has 0 aliphatic heterocycles. The maximum Gasteiger partial charge on any atom is 0.280 e. The number of hydrogen-bond donors (Lipinski definition) is 1. The first kappa shape index (κ1) is 22.1. The van der Waals surface area contributed by atoms with E-state index in [1.54, 1.807) is 37.3 Å². The number of rotatable bonds is 10. The van der Waals surface area contributed by atoms with Gasteiger partial charge in [0.1, 0.15) is 11.5 Å². The van der Waals surface area contributed by atoms with Gasteiger partial charge in [-0.25, -0.2) is 5.43 Å².